The average molecular weight is 620 g/mol. The van der Waals surface area contributed by atoms with Crippen LogP contribution in [0, 0.1) is 0 Å². The van der Waals surface area contributed by atoms with Crippen molar-refractivity contribution >= 4 is 0 Å². The Labute approximate surface area is 285 Å². The van der Waals surface area contributed by atoms with Crippen molar-refractivity contribution in [2.75, 3.05) is 0 Å². The summed E-state index contributed by atoms with van der Waals surface area (Å²) >= 11 is 0. The van der Waals surface area contributed by atoms with Crippen molar-refractivity contribution in [3.05, 3.63) is 209 Å². The number of benzene rings is 6. The Morgan fingerprint density at radius 1 is 0.271 bits per heavy atom. The maximum Gasteiger partial charge on any atom is 0.0702 e. The third kappa shape index (κ3) is 8.24. The molecule has 1 aromatic heterocycles. The van der Waals surface area contributed by atoms with E-state index in [1.807, 2.05) is 12.3 Å². The lowest BCUT2D eigenvalue weighted by Crippen LogP contribution is -2.00. The van der Waals surface area contributed by atoms with Crippen LogP contribution in [0.2, 0.25) is 0 Å². The number of nitrogens with zero attached hydrogens (tertiary/aromatic N) is 1. The van der Waals surface area contributed by atoms with Gasteiger partial charge in [0, 0.05) is 11.8 Å². The molecular weight excluding hydrogens is 579 g/mol. The number of aromatic nitrogens is 1. The molecule has 7 rings (SSSR count). The van der Waals surface area contributed by atoms with Gasteiger partial charge in [0.1, 0.15) is 0 Å². The summed E-state index contributed by atoms with van der Waals surface area (Å²) in [6.07, 6.45) is 8.16. The fraction of sp³-hybridized carbons (Fsp3) is 0.128. The molecule has 0 bridgehead atoms. The first-order valence-corrected chi connectivity index (χ1v) is 17.2. The van der Waals surface area contributed by atoms with E-state index < -0.39 is 0 Å². The molecule has 0 aliphatic carbocycles. The summed E-state index contributed by atoms with van der Waals surface area (Å²) in [4.78, 5) is 4.77. The van der Waals surface area contributed by atoms with Crippen LogP contribution >= 0.6 is 0 Å². The smallest absolute Gasteiger partial charge is 0.0702 e. The fourth-order valence-electron chi connectivity index (χ4n) is 6.48. The van der Waals surface area contributed by atoms with Crippen molar-refractivity contribution in [2.24, 2.45) is 0 Å². The van der Waals surface area contributed by atoms with Crippen molar-refractivity contribution < 1.29 is 0 Å². The normalized spacial score (nSPS) is 11.0. The lowest BCUT2D eigenvalue weighted by atomic mass is 9.94. The van der Waals surface area contributed by atoms with E-state index in [9.17, 15) is 0 Å². The molecule has 0 amide bonds. The zero-order valence-electron chi connectivity index (χ0n) is 27.4. The summed E-state index contributed by atoms with van der Waals surface area (Å²) in [6.45, 7) is 0. The summed E-state index contributed by atoms with van der Waals surface area (Å²) in [5, 5.41) is 0. The van der Waals surface area contributed by atoms with Crippen molar-refractivity contribution in [1.29, 1.82) is 0 Å². The maximum absolute atomic E-state index is 4.77. The summed E-state index contributed by atoms with van der Waals surface area (Å²) in [5.74, 6) is 0. The van der Waals surface area contributed by atoms with Gasteiger partial charge < -0.3 is 0 Å². The Morgan fingerprint density at radius 3 is 1.00 bits per heavy atom. The second-order valence-corrected chi connectivity index (χ2v) is 12.7. The van der Waals surface area contributed by atoms with Crippen molar-refractivity contribution in [1.82, 2.24) is 4.98 Å². The first kappa shape index (κ1) is 31.1. The molecule has 0 atom stereocenters. The van der Waals surface area contributed by atoms with Crippen molar-refractivity contribution in [2.45, 2.75) is 38.5 Å². The number of hydrogen-bond donors (Lipinski definition) is 0. The molecule has 48 heavy (non-hydrogen) atoms. The molecule has 1 heteroatoms. The number of pyridine rings is 1. The van der Waals surface area contributed by atoms with Gasteiger partial charge >= 0.3 is 0 Å². The first-order valence-electron chi connectivity index (χ1n) is 17.2. The van der Waals surface area contributed by atoms with Gasteiger partial charge in [-0.15, -0.1) is 0 Å². The lowest BCUT2D eigenvalue weighted by Gasteiger charge is -2.12. The number of rotatable bonds is 12. The van der Waals surface area contributed by atoms with Crippen LogP contribution in [0.4, 0.5) is 0 Å². The minimum Gasteiger partial charge on any atom is -0.256 e. The largest absolute Gasteiger partial charge is 0.256 e. The molecule has 1 nitrogen and oxygen atoms in total. The van der Waals surface area contributed by atoms with E-state index >= 15 is 0 Å². The SMILES string of the molecule is c1ccc(-c2ccc(CCc3cc(CCc4ccc(-c5ccccc5)cc4)cc(CCc4ccc(-c5ccccc5)nc4)c3)cc2)cc1. The van der Waals surface area contributed by atoms with Crippen LogP contribution < -0.4 is 0 Å². The molecule has 1 heterocycles. The average Bonchev–Trinajstić information content (AvgIpc) is 3.17. The van der Waals surface area contributed by atoms with E-state index in [0.29, 0.717) is 0 Å². The van der Waals surface area contributed by atoms with Gasteiger partial charge in [0.15, 0.2) is 0 Å². The highest BCUT2D eigenvalue weighted by atomic mass is 14.7. The molecule has 0 fully saturated rings. The van der Waals surface area contributed by atoms with E-state index in [1.54, 1.807) is 0 Å². The van der Waals surface area contributed by atoms with Crippen LogP contribution in [0.15, 0.2) is 176 Å². The molecule has 0 radical (unpaired) electrons. The minimum atomic E-state index is 0.979. The van der Waals surface area contributed by atoms with E-state index in [4.69, 9.17) is 4.98 Å². The van der Waals surface area contributed by atoms with Gasteiger partial charge in [-0.2, -0.15) is 0 Å². The monoisotopic (exact) mass is 619 g/mol. The van der Waals surface area contributed by atoms with Crippen molar-refractivity contribution in [3.63, 3.8) is 0 Å². The van der Waals surface area contributed by atoms with Crippen LogP contribution in [-0.4, -0.2) is 4.98 Å². The second-order valence-electron chi connectivity index (χ2n) is 12.7. The van der Waals surface area contributed by atoms with Crippen LogP contribution in [0.25, 0.3) is 33.5 Å². The van der Waals surface area contributed by atoms with Gasteiger partial charge in [0.25, 0.3) is 0 Å². The molecule has 0 N–H and O–H groups in total. The van der Waals surface area contributed by atoms with E-state index in [2.05, 4.69) is 164 Å². The Kier molecular flexibility index (Phi) is 9.96. The molecule has 234 valence electrons. The molecule has 0 saturated carbocycles. The first-order chi connectivity index (χ1) is 23.7. The Hall–Kier alpha value is -5.53. The van der Waals surface area contributed by atoms with Gasteiger partial charge in [-0.1, -0.05) is 164 Å². The molecule has 0 aliphatic heterocycles. The third-order valence-corrected chi connectivity index (χ3v) is 9.24. The maximum atomic E-state index is 4.77. The fourth-order valence-corrected chi connectivity index (χ4v) is 6.48. The summed E-state index contributed by atoms with van der Waals surface area (Å²) in [7, 11) is 0. The zero-order valence-corrected chi connectivity index (χ0v) is 27.4. The summed E-state index contributed by atoms with van der Waals surface area (Å²) in [5.41, 5.74) is 15.5. The molecule has 7 aromatic rings. The van der Waals surface area contributed by atoms with Crippen LogP contribution in [0.3, 0.4) is 0 Å². The van der Waals surface area contributed by atoms with E-state index in [-0.39, 0.29) is 0 Å². The van der Waals surface area contributed by atoms with Gasteiger partial charge in [-0.25, -0.2) is 0 Å². The molecular formula is C47H41N. The highest BCUT2D eigenvalue weighted by molar-refractivity contribution is 5.64. The zero-order chi connectivity index (χ0) is 32.4. The van der Waals surface area contributed by atoms with Crippen molar-refractivity contribution in [3.8, 4) is 33.5 Å². The third-order valence-electron chi connectivity index (χ3n) is 9.24. The molecule has 0 unspecified atom stereocenters. The summed E-state index contributed by atoms with van der Waals surface area (Å²) < 4.78 is 0. The number of aryl methyl sites for hydroxylation is 6. The van der Waals surface area contributed by atoms with Crippen LogP contribution in [-0.2, 0) is 38.5 Å². The van der Waals surface area contributed by atoms with Gasteiger partial charge in [0.05, 0.1) is 5.69 Å². The standard InChI is InChI=1S/C47H41N/c1-4-10-42(11-5-1)44-27-22-36(23-28-44)16-19-39-32-40(20-17-37-24-29-45(30-25-37)43-12-6-2-7-13-43)34-41(33-39)21-18-38-26-31-47(48-35-38)46-14-8-3-9-15-46/h1-15,22-35H,16-21H2. The predicted molar refractivity (Wildman–Crippen MR) is 202 cm³/mol. The van der Waals surface area contributed by atoms with E-state index in [1.165, 1.54) is 55.6 Å². The predicted octanol–water partition coefficient (Wildman–Crippen LogP) is 11.4. The molecule has 6 aromatic carbocycles. The van der Waals surface area contributed by atoms with E-state index in [0.717, 1.165) is 49.8 Å². The quantitative estimate of drug-likeness (QED) is 0.133. The highest BCUT2D eigenvalue weighted by Crippen LogP contribution is 2.23. The van der Waals surface area contributed by atoms with Gasteiger partial charge in [0.2, 0.25) is 0 Å². The second kappa shape index (κ2) is 15.4. The van der Waals surface area contributed by atoms with Crippen LogP contribution in [0.5, 0.6) is 0 Å². The van der Waals surface area contributed by atoms with Gasteiger partial charge in [-0.3, -0.25) is 4.98 Å². The Bertz CT molecular complexity index is 1760. The van der Waals surface area contributed by atoms with Crippen LogP contribution in [0.1, 0.15) is 33.4 Å². The van der Waals surface area contributed by atoms with Gasteiger partial charge in [-0.05, 0) is 100 Å². The molecule has 0 saturated heterocycles. The number of hydrogen-bond acceptors (Lipinski definition) is 1. The molecule has 0 spiro atoms. The molecule has 0 aliphatic rings. The Balaban J connectivity index is 1.05. The highest BCUT2D eigenvalue weighted by Gasteiger charge is 2.07. The summed E-state index contributed by atoms with van der Waals surface area (Å²) in [6, 6.07) is 61.5. The topological polar surface area (TPSA) is 12.9 Å². The lowest BCUT2D eigenvalue weighted by molar-refractivity contribution is 0.901. The minimum absolute atomic E-state index is 0.979. The Morgan fingerprint density at radius 2 is 0.604 bits per heavy atom.